The molecule has 1 unspecified atom stereocenters. The van der Waals surface area contributed by atoms with E-state index in [0.717, 1.165) is 33.6 Å². The number of fused-ring (bicyclic) bond motifs is 1. The molecule has 0 spiro atoms. The maximum Gasteiger partial charge on any atom is 0.294 e. The van der Waals surface area contributed by atoms with Crippen molar-refractivity contribution >= 4 is 25.9 Å². The highest BCUT2D eigenvalue weighted by atomic mass is 32.2. The Hall–Kier alpha value is -3.28. The molecule has 1 atom stereocenters. The summed E-state index contributed by atoms with van der Waals surface area (Å²) in [5, 5.41) is 0. The van der Waals surface area contributed by atoms with Crippen LogP contribution in [0.1, 0.15) is 50.8 Å². The molecule has 0 saturated heterocycles. The molecule has 0 aliphatic carbocycles. The molecule has 1 aliphatic heterocycles. The summed E-state index contributed by atoms with van der Waals surface area (Å²) >= 11 is 0. The minimum absolute atomic E-state index is 0.122. The van der Waals surface area contributed by atoms with Gasteiger partial charge in [0, 0.05) is 42.5 Å². The monoisotopic (exact) mass is 627 g/mol. The van der Waals surface area contributed by atoms with E-state index in [-0.39, 0.29) is 9.79 Å². The third-order valence-electron chi connectivity index (χ3n) is 8.09. The summed E-state index contributed by atoms with van der Waals surface area (Å²) in [7, 11) is -7.06. The van der Waals surface area contributed by atoms with Gasteiger partial charge in [0.05, 0.1) is 9.79 Å². The van der Waals surface area contributed by atoms with Gasteiger partial charge >= 0.3 is 0 Å². The summed E-state index contributed by atoms with van der Waals surface area (Å²) in [4.78, 5) is 1.84. The molecule has 2 aromatic carbocycles. The molecule has 0 bridgehead atoms. The lowest BCUT2D eigenvalue weighted by molar-refractivity contribution is 0.178. The average Bonchev–Trinajstić information content (AvgIpc) is 3.15. The Morgan fingerprint density at radius 2 is 1.56 bits per heavy atom. The van der Waals surface area contributed by atoms with Crippen LogP contribution in [-0.2, 0) is 35.8 Å². The van der Waals surface area contributed by atoms with Crippen molar-refractivity contribution in [1.29, 1.82) is 0 Å². The summed E-state index contributed by atoms with van der Waals surface area (Å²) in [6.45, 7) is 15.3. The van der Waals surface area contributed by atoms with Gasteiger partial charge in [-0.05, 0) is 78.9 Å². The number of benzene rings is 2. The molecule has 0 amide bonds. The molecule has 1 heterocycles. The average molecular weight is 628 g/mol. The van der Waals surface area contributed by atoms with Gasteiger partial charge in [-0.25, -0.2) is 0 Å². The van der Waals surface area contributed by atoms with Crippen LogP contribution in [0.15, 0.2) is 107 Å². The molecule has 43 heavy (non-hydrogen) atoms. The largest absolute Gasteiger partial charge is 0.385 e. The number of hydrogen-bond acceptors (Lipinski definition) is 6. The fourth-order valence-corrected chi connectivity index (χ4v) is 6.49. The molecular weight excluding hydrogens is 586 g/mol. The van der Waals surface area contributed by atoms with Crippen LogP contribution in [0.2, 0.25) is 0 Å². The highest BCUT2D eigenvalue weighted by Crippen LogP contribution is 2.48. The van der Waals surface area contributed by atoms with Gasteiger partial charge in [-0.3, -0.25) is 9.11 Å². The molecule has 0 saturated carbocycles. The number of anilines is 1. The van der Waals surface area contributed by atoms with E-state index in [0.29, 0.717) is 19.6 Å². The van der Waals surface area contributed by atoms with E-state index in [1.807, 2.05) is 77.2 Å². The molecule has 2 N–H and O–H groups in total. The first-order chi connectivity index (χ1) is 20.0. The predicted octanol–water partition coefficient (Wildman–Crippen LogP) is 6.71. The zero-order valence-corrected chi connectivity index (χ0v) is 27.2. The number of methoxy groups -OCH3 is 1. The van der Waals surface area contributed by atoms with Gasteiger partial charge in [-0.2, -0.15) is 16.8 Å². The van der Waals surface area contributed by atoms with Crippen molar-refractivity contribution in [2.24, 2.45) is 0 Å². The van der Waals surface area contributed by atoms with Crippen molar-refractivity contribution in [3.63, 3.8) is 0 Å². The fraction of sp³-hybridized carbons (Fsp3) is 0.333. The standard InChI is InChI=1S/C33H41NO7S2/c1-8-34-30-19-18-27(43(38,39)40)23-29(30)32(4,5)31(34)15-13-11-9-10-12-14-25(3)33(6,20-21-41-7)28-22-26(42(35,36)37)17-16-24(28)2/h9-19,22-23H,3,8,20-21H2,1-2,4-7H3,(H,35,36,37)(H,38,39,40)/b10-9+,13-11+,14-12+,31-15+. The third-order valence-corrected chi connectivity index (χ3v) is 9.79. The maximum absolute atomic E-state index is 11.8. The van der Waals surface area contributed by atoms with E-state index >= 15 is 0 Å². The van der Waals surface area contributed by atoms with Crippen LogP contribution in [0.4, 0.5) is 5.69 Å². The van der Waals surface area contributed by atoms with E-state index in [1.54, 1.807) is 19.2 Å². The summed E-state index contributed by atoms with van der Waals surface area (Å²) in [5.74, 6) is 0. The Labute approximate surface area is 256 Å². The Balaban J connectivity index is 1.82. The van der Waals surface area contributed by atoms with Crippen molar-refractivity contribution in [2.75, 3.05) is 25.2 Å². The summed E-state index contributed by atoms with van der Waals surface area (Å²) in [6.07, 6.45) is 13.8. The quantitative estimate of drug-likeness (QED) is 0.197. The van der Waals surface area contributed by atoms with Gasteiger partial charge in [0.15, 0.2) is 0 Å². The first-order valence-electron chi connectivity index (χ1n) is 13.9. The van der Waals surface area contributed by atoms with Crippen LogP contribution in [0.3, 0.4) is 0 Å². The Morgan fingerprint density at radius 3 is 2.16 bits per heavy atom. The van der Waals surface area contributed by atoms with Crippen LogP contribution in [0.25, 0.3) is 0 Å². The van der Waals surface area contributed by atoms with Gasteiger partial charge in [-0.1, -0.05) is 69.9 Å². The van der Waals surface area contributed by atoms with Crippen molar-refractivity contribution < 1.29 is 30.7 Å². The lowest BCUT2D eigenvalue weighted by Gasteiger charge is -2.33. The van der Waals surface area contributed by atoms with Crippen molar-refractivity contribution in [3.8, 4) is 0 Å². The molecule has 1 aliphatic rings. The lowest BCUT2D eigenvalue weighted by atomic mass is 9.72. The zero-order valence-electron chi connectivity index (χ0n) is 25.5. The van der Waals surface area contributed by atoms with Crippen LogP contribution in [0, 0.1) is 6.92 Å². The Morgan fingerprint density at radius 1 is 0.977 bits per heavy atom. The van der Waals surface area contributed by atoms with Gasteiger partial charge in [0.25, 0.3) is 20.2 Å². The second-order valence-corrected chi connectivity index (χ2v) is 14.1. The van der Waals surface area contributed by atoms with Crippen LogP contribution < -0.4 is 4.90 Å². The number of hydrogen-bond donors (Lipinski definition) is 2. The maximum atomic E-state index is 11.8. The van der Waals surface area contributed by atoms with Gasteiger partial charge in [0.1, 0.15) is 0 Å². The molecule has 10 heteroatoms. The highest BCUT2D eigenvalue weighted by molar-refractivity contribution is 7.86. The van der Waals surface area contributed by atoms with Gasteiger partial charge in [-0.15, -0.1) is 0 Å². The Kier molecular flexibility index (Phi) is 10.5. The first-order valence-corrected chi connectivity index (χ1v) is 16.7. The second kappa shape index (κ2) is 13.2. The van der Waals surface area contributed by atoms with Crippen LogP contribution >= 0.6 is 0 Å². The summed E-state index contributed by atoms with van der Waals surface area (Å²) < 4.78 is 71.5. The van der Waals surface area contributed by atoms with Crippen LogP contribution in [-0.4, -0.2) is 46.2 Å². The van der Waals surface area contributed by atoms with E-state index < -0.39 is 31.1 Å². The van der Waals surface area contributed by atoms with E-state index in [2.05, 4.69) is 11.5 Å². The molecule has 2 aromatic rings. The number of ether oxygens (including phenoxy) is 1. The number of allylic oxidation sites excluding steroid dienone is 9. The number of aryl methyl sites for hydroxylation is 1. The topological polar surface area (TPSA) is 121 Å². The third kappa shape index (κ3) is 7.45. The SMILES string of the molecule is C=C(/C=C/C=C/C=C/C=C1/N(CC)c2ccc(S(=O)(=O)O)cc2C1(C)C)C(C)(CCOC)c1cc(S(=O)(=O)O)ccc1C. The van der Waals surface area contributed by atoms with Crippen molar-refractivity contribution in [1.82, 2.24) is 0 Å². The number of rotatable bonds is 12. The number of likely N-dealkylation sites (N-methyl/N-ethyl adjacent to an activating group) is 1. The number of nitrogens with zero attached hydrogens (tertiary/aromatic N) is 1. The molecule has 3 rings (SSSR count). The lowest BCUT2D eigenvalue weighted by Crippen LogP contribution is -2.27. The second-order valence-electron chi connectivity index (χ2n) is 11.3. The van der Waals surface area contributed by atoms with Gasteiger partial charge < -0.3 is 9.64 Å². The van der Waals surface area contributed by atoms with Crippen molar-refractivity contribution in [2.45, 2.75) is 61.7 Å². The molecule has 232 valence electrons. The molecule has 0 aromatic heterocycles. The first kappa shape index (κ1) is 34.2. The van der Waals surface area contributed by atoms with Gasteiger partial charge in [0.2, 0.25) is 0 Å². The highest BCUT2D eigenvalue weighted by Gasteiger charge is 2.40. The van der Waals surface area contributed by atoms with E-state index in [9.17, 15) is 25.9 Å². The summed E-state index contributed by atoms with van der Waals surface area (Å²) in [5.41, 5.74) is 3.99. The van der Waals surface area contributed by atoms with Crippen LogP contribution in [0.5, 0.6) is 0 Å². The minimum Gasteiger partial charge on any atom is -0.385 e. The zero-order chi connectivity index (χ0) is 32.2. The van der Waals surface area contributed by atoms with Crippen molar-refractivity contribution in [3.05, 3.63) is 113 Å². The summed E-state index contributed by atoms with van der Waals surface area (Å²) in [6, 6.07) is 9.24. The van der Waals surface area contributed by atoms with E-state index in [4.69, 9.17) is 4.74 Å². The smallest absolute Gasteiger partial charge is 0.294 e. The normalized spacial score (nSPS) is 17.8. The van der Waals surface area contributed by atoms with E-state index in [1.165, 1.54) is 24.3 Å². The predicted molar refractivity (Wildman–Crippen MR) is 172 cm³/mol. The molecular formula is C33H41NO7S2. The molecule has 0 fully saturated rings. The fourth-order valence-electron chi connectivity index (χ4n) is 5.48. The molecule has 8 nitrogen and oxygen atoms in total. The molecule has 0 radical (unpaired) electrons. The minimum atomic E-state index is -4.36. The Bertz CT molecular complexity index is 1720.